The van der Waals surface area contributed by atoms with Crippen molar-refractivity contribution in [3.63, 3.8) is 0 Å². The summed E-state index contributed by atoms with van der Waals surface area (Å²) in [6, 6.07) is 2.21. The Morgan fingerprint density at radius 2 is 2.00 bits per heavy atom. The summed E-state index contributed by atoms with van der Waals surface area (Å²) in [5, 5.41) is 9.51. The number of carbonyl (C=O) groups excluding carboxylic acids is 2. The van der Waals surface area contributed by atoms with Crippen LogP contribution in [0.2, 0.25) is 0 Å². The van der Waals surface area contributed by atoms with E-state index in [1.165, 1.54) is 19.3 Å². The first-order valence-electron chi connectivity index (χ1n) is 11.1. The molecule has 0 spiro atoms. The largest absolute Gasteiger partial charge is 0.458 e. The summed E-state index contributed by atoms with van der Waals surface area (Å²) >= 11 is 0. The Morgan fingerprint density at radius 3 is 2.82 bits per heavy atom. The van der Waals surface area contributed by atoms with E-state index in [1.807, 2.05) is 0 Å². The molecule has 7 rings (SSSR count). The lowest BCUT2D eigenvalue weighted by molar-refractivity contribution is -0.163. The van der Waals surface area contributed by atoms with Crippen molar-refractivity contribution in [2.24, 2.45) is 58.7 Å². The van der Waals surface area contributed by atoms with Crippen LogP contribution in [0.5, 0.6) is 0 Å². The van der Waals surface area contributed by atoms with Crippen molar-refractivity contribution < 1.29 is 19.1 Å². The van der Waals surface area contributed by atoms with Gasteiger partial charge in [-0.3, -0.25) is 9.59 Å². The number of ether oxygens (including phenoxy) is 2. The number of hydrogen-bond donors (Lipinski definition) is 0. The van der Waals surface area contributed by atoms with Gasteiger partial charge in [0.15, 0.2) is 5.41 Å². The Morgan fingerprint density at radius 1 is 1.18 bits per heavy atom. The van der Waals surface area contributed by atoms with Gasteiger partial charge in [-0.1, -0.05) is 12.2 Å². The molecule has 7 aliphatic rings. The fourth-order valence-corrected chi connectivity index (χ4v) is 9.09. The first kappa shape index (κ1) is 16.0. The molecule has 1 heterocycles. The zero-order chi connectivity index (χ0) is 18.8. The second-order valence-corrected chi connectivity index (χ2v) is 10.7. The van der Waals surface area contributed by atoms with Crippen LogP contribution in [0.3, 0.4) is 0 Å². The van der Waals surface area contributed by atoms with Crippen molar-refractivity contribution in [2.75, 3.05) is 0 Å². The fourth-order valence-electron chi connectivity index (χ4n) is 9.09. The zero-order valence-corrected chi connectivity index (χ0v) is 15.8. The molecule has 0 N–H and O–H groups in total. The van der Waals surface area contributed by atoms with E-state index in [-0.39, 0.29) is 23.9 Å². The summed E-state index contributed by atoms with van der Waals surface area (Å²) in [6.45, 7) is 0. The predicted octanol–water partition coefficient (Wildman–Crippen LogP) is 2.86. The number of nitrogens with zero attached hydrogens (tertiary/aromatic N) is 1. The molecule has 0 radical (unpaired) electrons. The van der Waals surface area contributed by atoms with Crippen molar-refractivity contribution in [1.82, 2.24) is 0 Å². The highest BCUT2D eigenvalue weighted by Crippen LogP contribution is 2.67. The molecule has 6 fully saturated rings. The van der Waals surface area contributed by atoms with Crippen LogP contribution in [0.4, 0.5) is 0 Å². The van der Waals surface area contributed by atoms with Gasteiger partial charge in [0.25, 0.3) is 0 Å². The lowest BCUT2D eigenvalue weighted by atomic mass is 9.69. The average molecular weight is 379 g/mol. The number of rotatable bonds is 3. The quantitative estimate of drug-likeness (QED) is 0.428. The number of allylic oxidation sites excluding steroid dienone is 2. The van der Waals surface area contributed by atoms with Gasteiger partial charge in [0.2, 0.25) is 0 Å². The van der Waals surface area contributed by atoms with Crippen molar-refractivity contribution in [3.8, 4) is 6.07 Å². The highest BCUT2D eigenvalue weighted by molar-refractivity contribution is 5.84. The molecular formula is C23H25NO4. The maximum Gasteiger partial charge on any atom is 0.327 e. The molecule has 28 heavy (non-hydrogen) atoms. The molecule has 0 aromatic rings. The van der Waals surface area contributed by atoms with Crippen LogP contribution >= 0.6 is 0 Å². The Kier molecular flexibility index (Phi) is 2.87. The molecule has 1 aliphatic heterocycles. The molecule has 146 valence electrons. The minimum Gasteiger partial charge on any atom is -0.458 e. The van der Waals surface area contributed by atoms with Gasteiger partial charge >= 0.3 is 11.9 Å². The molecule has 12 unspecified atom stereocenters. The van der Waals surface area contributed by atoms with E-state index >= 15 is 0 Å². The number of hydrogen-bond acceptors (Lipinski definition) is 5. The Balaban J connectivity index is 1.04. The number of carbonyl (C=O) groups is 2. The number of fused-ring (bicyclic) bond motifs is 10. The lowest BCUT2D eigenvalue weighted by Gasteiger charge is -2.36. The molecule has 5 saturated carbocycles. The van der Waals surface area contributed by atoms with Gasteiger partial charge in [-0.15, -0.1) is 0 Å². The van der Waals surface area contributed by atoms with E-state index in [4.69, 9.17) is 9.47 Å². The summed E-state index contributed by atoms with van der Waals surface area (Å²) in [5.41, 5.74) is -0.965. The van der Waals surface area contributed by atoms with Gasteiger partial charge in [-0.25, -0.2) is 0 Å². The van der Waals surface area contributed by atoms with Crippen LogP contribution in [-0.4, -0.2) is 24.1 Å². The molecule has 5 nitrogen and oxygen atoms in total. The van der Waals surface area contributed by atoms with Gasteiger partial charge in [0.05, 0.1) is 6.07 Å². The minimum atomic E-state index is -0.965. The molecule has 1 saturated heterocycles. The van der Waals surface area contributed by atoms with Crippen molar-refractivity contribution >= 4 is 11.9 Å². The summed E-state index contributed by atoms with van der Waals surface area (Å²) in [4.78, 5) is 25.0. The maximum atomic E-state index is 12.8. The first-order valence-corrected chi connectivity index (χ1v) is 11.1. The highest BCUT2D eigenvalue weighted by atomic mass is 16.6. The predicted molar refractivity (Wildman–Crippen MR) is 96.1 cm³/mol. The highest BCUT2D eigenvalue weighted by Gasteiger charge is 2.72. The third kappa shape index (κ3) is 1.71. The maximum absolute atomic E-state index is 12.8. The zero-order valence-electron chi connectivity index (χ0n) is 15.8. The molecule has 6 aliphatic carbocycles. The molecule has 0 aromatic carbocycles. The van der Waals surface area contributed by atoms with Gasteiger partial charge in [0, 0.05) is 18.3 Å². The first-order chi connectivity index (χ1) is 13.6. The Bertz CT molecular complexity index is 859. The van der Waals surface area contributed by atoms with E-state index < -0.39 is 17.5 Å². The summed E-state index contributed by atoms with van der Waals surface area (Å²) in [6.07, 6.45) is 9.79. The summed E-state index contributed by atoms with van der Waals surface area (Å²) in [5.74, 6) is 4.73. The topological polar surface area (TPSA) is 76.4 Å². The molecule has 0 amide bonds. The second-order valence-electron chi connectivity index (χ2n) is 10.7. The third-order valence-electron chi connectivity index (χ3n) is 9.87. The van der Waals surface area contributed by atoms with E-state index in [0.717, 1.165) is 36.0 Å². The normalized spacial score (nSPS) is 58.2. The molecule has 5 heteroatoms. The third-order valence-corrected chi connectivity index (χ3v) is 9.87. The van der Waals surface area contributed by atoms with Crippen LogP contribution in [-0.2, 0) is 19.1 Å². The number of nitriles is 1. The van der Waals surface area contributed by atoms with Crippen molar-refractivity contribution in [2.45, 2.75) is 50.7 Å². The van der Waals surface area contributed by atoms with Gasteiger partial charge in [-0.2, -0.15) is 5.26 Å². The number of esters is 2. The monoisotopic (exact) mass is 379 g/mol. The smallest absolute Gasteiger partial charge is 0.327 e. The average Bonchev–Trinajstić information content (AvgIpc) is 3.48. The van der Waals surface area contributed by atoms with Crippen LogP contribution in [0.15, 0.2) is 12.2 Å². The van der Waals surface area contributed by atoms with Crippen molar-refractivity contribution in [1.29, 1.82) is 5.26 Å². The standard InChI is InChI=1S/C23H25NO4/c24-9-23-8-14-6-16(23)21(28-22(23)26)20(14)27-17(25)7-12-4-13-5-15(12)19-11-2-1-10(3-11)18(13)19/h1-2,10-16,18-21H,3-8H2. The Hall–Kier alpha value is -1.83. The second kappa shape index (κ2) is 5.01. The molecule has 12 atom stereocenters. The van der Waals surface area contributed by atoms with Crippen LogP contribution < -0.4 is 0 Å². The Labute approximate surface area is 164 Å². The lowest BCUT2D eigenvalue weighted by Crippen LogP contribution is -2.40. The fraction of sp³-hybridized carbons (Fsp3) is 0.783. The minimum absolute atomic E-state index is 0.0862. The van der Waals surface area contributed by atoms with Gasteiger partial charge in [0.1, 0.15) is 12.2 Å². The van der Waals surface area contributed by atoms with Crippen LogP contribution in [0.1, 0.15) is 38.5 Å². The van der Waals surface area contributed by atoms with Crippen LogP contribution in [0.25, 0.3) is 0 Å². The van der Waals surface area contributed by atoms with E-state index in [0.29, 0.717) is 24.7 Å². The van der Waals surface area contributed by atoms with Gasteiger partial charge < -0.3 is 9.47 Å². The summed E-state index contributed by atoms with van der Waals surface area (Å²) < 4.78 is 11.4. The van der Waals surface area contributed by atoms with E-state index in [1.54, 1.807) is 0 Å². The van der Waals surface area contributed by atoms with Crippen LogP contribution in [0, 0.1) is 70.0 Å². The summed E-state index contributed by atoms with van der Waals surface area (Å²) in [7, 11) is 0. The molecule has 6 bridgehead atoms. The van der Waals surface area contributed by atoms with E-state index in [9.17, 15) is 14.9 Å². The molecular weight excluding hydrogens is 354 g/mol. The SMILES string of the molecule is N#CC12CC3CC1C(OC2=O)C3OC(=O)CC1CC2CC1C1C3C=CC(C3)C21. The van der Waals surface area contributed by atoms with Crippen molar-refractivity contribution in [3.05, 3.63) is 12.2 Å². The molecule has 0 aromatic heterocycles. The van der Waals surface area contributed by atoms with Gasteiger partial charge in [-0.05, 0) is 73.5 Å². The van der Waals surface area contributed by atoms with E-state index in [2.05, 4.69) is 18.2 Å².